The Morgan fingerprint density at radius 1 is 1.27 bits per heavy atom. The minimum absolute atomic E-state index is 0.175. The molecule has 0 aromatic carbocycles. The molecule has 9 heteroatoms. The highest BCUT2D eigenvalue weighted by Crippen LogP contribution is 2.21. The van der Waals surface area contributed by atoms with Crippen LogP contribution in [0.25, 0.3) is 23.1 Å². The van der Waals surface area contributed by atoms with Gasteiger partial charge >= 0.3 is 0 Å². The van der Waals surface area contributed by atoms with Gasteiger partial charge < -0.3 is 9.51 Å². The number of hydrogen-bond acceptors (Lipinski definition) is 6. The fraction of sp³-hybridized carbons (Fsp3) is 0.308. The molecule has 3 rings (SSSR count). The molecule has 3 heterocycles. The van der Waals surface area contributed by atoms with Crippen molar-refractivity contribution in [3.05, 3.63) is 34.0 Å². The predicted octanol–water partition coefficient (Wildman–Crippen LogP) is 2.09. The number of aromatic amines is 1. The van der Waals surface area contributed by atoms with Crippen molar-refractivity contribution in [2.75, 3.05) is 0 Å². The van der Waals surface area contributed by atoms with Crippen molar-refractivity contribution in [2.24, 2.45) is 0 Å². The smallest absolute Gasteiger partial charge is 0.297 e. The quantitative estimate of drug-likeness (QED) is 0.725. The van der Waals surface area contributed by atoms with Crippen molar-refractivity contribution in [3.63, 3.8) is 0 Å². The Morgan fingerprint density at radius 3 is 2.68 bits per heavy atom. The monoisotopic (exact) mass is 320 g/mol. The molecule has 0 bridgehead atoms. The van der Waals surface area contributed by atoms with Gasteiger partial charge in [-0.15, -0.1) is 5.10 Å². The SMILES string of the molecule is CC(C)(C)n1cnc(-c2nc(-c3cc(Cl)[nH]c(=O)c3)no2)n1. The second kappa shape index (κ2) is 5.06. The van der Waals surface area contributed by atoms with Gasteiger partial charge in [0.15, 0.2) is 0 Å². The van der Waals surface area contributed by atoms with Gasteiger partial charge in [0.1, 0.15) is 11.5 Å². The van der Waals surface area contributed by atoms with Crippen molar-refractivity contribution in [1.82, 2.24) is 29.9 Å². The lowest BCUT2D eigenvalue weighted by Gasteiger charge is -2.17. The fourth-order valence-electron chi connectivity index (χ4n) is 1.75. The van der Waals surface area contributed by atoms with Crippen molar-refractivity contribution < 1.29 is 4.52 Å². The second-order valence-electron chi connectivity index (χ2n) is 5.69. The summed E-state index contributed by atoms with van der Waals surface area (Å²) in [6.45, 7) is 6.01. The summed E-state index contributed by atoms with van der Waals surface area (Å²) >= 11 is 5.81. The van der Waals surface area contributed by atoms with E-state index in [1.807, 2.05) is 20.8 Å². The standard InChI is InChI=1S/C13H13ClN6O2/c1-13(2,3)20-6-15-11(18-20)12-17-10(19-22-12)7-4-8(14)16-9(21)5-7/h4-6H,1-3H3,(H,16,21). The molecule has 0 radical (unpaired) electrons. The molecule has 8 nitrogen and oxygen atoms in total. The molecule has 0 saturated heterocycles. The van der Waals surface area contributed by atoms with E-state index in [9.17, 15) is 4.79 Å². The summed E-state index contributed by atoms with van der Waals surface area (Å²) in [5.41, 5.74) is -0.0862. The van der Waals surface area contributed by atoms with Crippen LogP contribution < -0.4 is 5.56 Å². The Labute approximate surface area is 130 Å². The van der Waals surface area contributed by atoms with E-state index in [0.717, 1.165) is 0 Å². The van der Waals surface area contributed by atoms with E-state index in [1.54, 1.807) is 17.1 Å². The Morgan fingerprint density at radius 2 is 2.05 bits per heavy atom. The molecular formula is C13H13ClN6O2. The molecule has 3 aromatic rings. The van der Waals surface area contributed by atoms with Crippen LogP contribution in [0.2, 0.25) is 5.15 Å². The van der Waals surface area contributed by atoms with E-state index in [4.69, 9.17) is 16.1 Å². The number of aromatic nitrogens is 6. The number of rotatable bonds is 2. The second-order valence-corrected chi connectivity index (χ2v) is 6.10. The topological polar surface area (TPSA) is 102 Å². The number of nitrogens with one attached hydrogen (secondary N) is 1. The van der Waals surface area contributed by atoms with Crippen LogP contribution in [0.4, 0.5) is 0 Å². The van der Waals surface area contributed by atoms with Crippen LogP contribution >= 0.6 is 11.6 Å². The average molecular weight is 321 g/mol. The molecule has 22 heavy (non-hydrogen) atoms. The molecule has 3 aromatic heterocycles. The number of hydrogen-bond donors (Lipinski definition) is 1. The summed E-state index contributed by atoms with van der Waals surface area (Å²) in [5.74, 6) is 0.745. The van der Waals surface area contributed by atoms with Gasteiger partial charge in [-0.25, -0.2) is 9.67 Å². The molecular weight excluding hydrogens is 308 g/mol. The first-order valence-electron chi connectivity index (χ1n) is 6.49. The molecule has 0 unspecified atom stereocenters. The van der Waals surface area contributed by atoms with E-state index in [0.29, 0.717) is 11.4 Å². The van der Waals surface area contributed by atoms with Crippen molar-refractivity contribution in [1.29, 1.82) is 0 Å². The van der Waals surface area contributed by atoms with Gasteiger partial charge in [-0.05, 0) is 26.8 Å². The molecule has 0 aliphatic heterocycles. The molecule has 0 fully saturated rings. The van der Waals surface area contributed by atoms with Crippen molar-refractivity contribution >= 4 is 11.6 Å². The Kier molecular flexibility index (Phi) is 3.32. The van der Waals surface area contributed by atoms with Gasteiger partial charge in [0.2, 0.25) is 17.2 Å². The summed E-state index contributed by atoms with van der Waals surface area (Å²) in [4.78, 5) is 22.2. The van der Waals surface area contributed by atoms with Gasteiger partial charge in [-0.2, -0.15) is 4.98 Å². The van der Waals surface area contributed by atoms with Crippen LogP contribution in [0.1, 0.15) is 20.8 Å². The summed E-state index contributed by atoms with van der Waals surface area (Å²) in [6, 6.07) is 2.88. The lowest BCUT2D eigenvalue weighted by atomic mass is 10.1. The fourth-order valence-corrected chi connectivity index (χ4v) is 1.96. The highest BCUT2D eigenvalue weighted by molar-refractivity contribution is 6.29. The maximum Gasteiger partial charge on any atom is 0.297 e. The van der Waals surface area contributed by atoms with Crippen LogP contribution in [0.5, 0.6) is 0 Å². The van der Waals surface area contributed by atoms with E-state index >= 15 is 0 Å². The largest absolute Gasteiger partial charge is 0.330 e. The van der Waals surface area contributed by atoms with Gasteiger partial charge in [-0.1, -0.05) is 16.8 Å². The first-order chi connectivity index (χ1) is 10.3. The highest BCUT2D eigenvalue weighted by atomic mass is 35.5. The maximum atomic E-state index is 11.4. The van der Waals surface area contributed by atoms with Crippen molar-refractivity contribution in [2.45, 2.75) is 26.3 Å². The molecule has 1 N–H and O–H groups in total. The van der Waals surface area contributed by atoms with Gasteiger partial charge in [-0.3, -0.25) is 4.79 Å². The third-order valence-corrected chi connectivity index (χ3v) is 3.07. The van der Waals surface area contributed by atoms with Crippen LogP contribution in [-0.2, 0) is 5.54 Å². The molecule has 0 amide bonds. The first kappa shape index (κ1) is 14.5. The normalized spacial score (nSPS) is 11.8. The summed E-state index contributed by atoms with van der Waals surface area (Å²) in [6.07, 6.45) is 1.60. The zero-order valence-corrected chi connectivity index (χ0v) is 12.9. The number of nitrogens with zero attached hydrogens (tertiary/aromatic N) is 5. The Balaban J connectivity index is 1.97. The Hall–Kier alpha value is -2.48. The minimum atomic E-state index is -0.344. The molecule has 0 spiro atoms. The lowest BCUT2D eigenvalue weighted by Crippen LogP contribution is -2.22. The van der Waals surface area contributed by atoms with Crippen molar-refractivity contribution in [3.8, 4) is 23.1 Å². The van der Waals surface area contributed by atoms with Gasteiger partial charge in [0.05, 0.1) is 5.54 Å². The summed E-state index contributed by atoms with van der Waals surface area (Å²) in [5, 5.41) is 8.34. The van der Waals surface area contributed by atoms with Crippen LogP contribution in [0.3, 0.4) is 0 Å². The third-order valence-electron chi connectivity index (χ3n) is 2.87. The predicted molar refractivity (Wildman–Crippen MR) is 79.4 cm³/mol. The molecule has 0 aliphatic carbocycles. The molecule has 0 aliphatic rings. The average Bonchev–Trinajstić information content (AvgIpc) is 3.06. The molecule has 0 atom stereocenters. The lowest BCUT2D eigenvalue weighted by molar-refractivity contribution is 0.353. The van der Waals surface area contributed by atoms with Crippen LogP contribution in [-0.4, -0.2) is 29.9 Å². The Bertz CT molecular complexity index is 873. The maximum absolute atomic E-state index is 11.4. The van der Waals surface area contributed by atoms with Gasteiger partial charge in [0.25, 0.3) is 5.89 Å². The number of halogens is 1. The third kappa shape index (κ3) is 2.77. The van der Waals surface area contributed by atoms with E-state index in [1.165, 1.54) is 6.07 Å². The van der Waals surface area contributed by atoms with E-state index < -0.39 is 0 Å². The number of pyridine rings is 1. The molecule has 114 valence electrons. The van der Waals surface area contributed by atoms with E-state index in [2.05, 4.69) is 25.2 Å². The zero-order chi connectivity index (χ0) is 15.9. The number of H-pyrrole nitrogens is 1. The van der Waals surface area contributed by atoms with Gasteiger partial charge in [0, 0.05) is 11.6 Å². The highest BCUT2D eigenvalue weighted by Gasteiger charge is 2.19. The minimum Gasteiger partial charge on any atom is -0.330 e. The van der Waals surface area contributed by atoms with Crippen LogP contribution in [0.15, 0.2) is 27.8 Å². The summed E-state index contributed by atoms with van der Waals surface area (Å²) < 4.78 is 6.86. The zero-order valence-electron chi connectivity index (χ0n) is 12.2. The molecule has 0 saturated carbocycles. The van der Waals surface area contributed by atoms with E-state index in [-0.39, 0.29) is 28.0 Å². The van der Waals surface area contributed by atoms with Crippen LogP contribution in [0, 0.1) is 0 Å². The summed E-state index contributed by atoms with van der Waals surface area (Å²) in [7, 11) is 0. The first-order valence-corrected chi connectivity index (χ1v) is 6.87.